The van der Waals surface area contributed by atoms with Crippen LogP contribution in [0.25, 0.3) is 0 Å². The molecule has 0 spiro atoms. The third-order valence-electron chi connectivity index (χ3n) is 3.71. The van der Waals surface area contributed by atoms with E-state index in [0.29, 0.717) is 13.0 Å². The second-order valence-corrected chi connectivity index (χ2v) is 7.11. The van der Waals surface area contributed by atoms with Crippen LogP contribution in [-0.2, 0) is 10.0 Å². The zero-order chi connectivity index (χ0) is 16.2. The Morgan fingerprint density at radius 2 is 1.95 bits per heavy atom. The van der Waals surface area contributed by atoms with Gasteiger partial charge in [-0.05, 0) is 37.9 Å². The lowest BCUT2D eigenvalue weighted by Gasteiger charge is -2.29. The molecular formula is C14H20F2N2O3S. The number of benzene rings is 1. The van der Waals surface area contributed by atoms with E-state index < -0.39 is 26.6 Å². The molecule has 0 amide bonds. The molecule has 0 atom stereocenters. The Balaban J connectivity index is 1.82. The Hall–Kier alpha value is -1.09. The number of likely N-dealkylation sites (tertiary alicyclic amines) is 1. The summed E-state index contributed by atoms with van der Waals surface area (Å²) in [7, 11) is -4.05. The van der Waals surface area contributed by atoms with Crippen LogP contribution in [0.2, 0.25) is 0 Å². The van der Waals surface area contributed by atoms with E-state index in [2.05, 4.69) is 9.62 Å². The normalized spacial score (nSPS) is 17.8. The van der Waals surface area contributed by atoms with Crippen LogP contribution in [0.15, 0.2) is 23.1 Å². The van der Waals surface area contributed by atoms with Crippen molar-refractivity contribution >= 4 is 10.0 Å². The lowest BCUT2D eigenvalue weighted by atomic mass is 10.1. The van der Waals surface area contributed by atoms with Crippen molar-refractivity contribution in [2.24, 2.45) is 0 Å². The molecule has 1 saturated heterocycles. The second kappa shape index (κ2) is 7.45. The lowest BCUT2D eigenvalue weighted by molar-refractivity contribution is 0.0823. The first kappa shape index (κ1) is 17.3. The molecule has 0 radical (unpaired) electrons. The Kier molecular flexibility index (Phi) is 5.85. The molecule has 1 aliphatic heterocycles. The summed E-state index contributed by atoms with van der Waals surface area (Å²) in [4.78, 5) is 1.47. The molecule has 8 heteroatoms. The van der Waals surface area contributed by atoms with E-state index >= 15 is 0 Å². The molecule has 0 aliphatic carbocycles. The molecule has 2 rings (SSSR count). The molecule has 1 aromatic carbocycles. The van der Waals surface area contributed by atoms with Gasteiger partial charge in [0, 0.05) is 19.6 Å². The molecule has 2 N–H and O–H groups in total. The highest BCUT2D eigenvalue weighted by molar-refractivity contribution is 7.89. The SMILES string of the molecule is O=S(=O)(NCCCN1CCC(O)CC1)c1cccc(F)c1F. The summed E-state index contributed by atoms with van der Waals surface area (Å²) in [5.74, 6) is -2.55. The average molecular weight is 334 g/mol. The van der Waals surface area contributed by atoms with Gasteiger partial charge in [-0.1, -0.05) is 6.07 Å². The van der Waals surface area contributed by atoms with E-state index in [1.807, 2.05) is 0 Å². The van der Waals surface area contributed by atoms with Gasteiger partial charge in [-0.15, -0.1) is 0 Å². The summed E-state index contributed by atoms with van der Waals surface area (Å²) in [6, 6.07) is 3.07. The second-order valence-electron chi connectivity index (χ2n) is 5.38. The standard InChI is InChI=1S/C14H20F2N2O3S/c15-12-3-1-4-13(14(12)16)22(20,21)17-7-2-8-18-9-5-11(19)6-10-18/h1,3-4,11,17,19H,2,5-10H2. The van der Waals surface area contributed by atoms with Crippen LogP contribution in [0, 0.1) is 11.6 Å². The van der Waals surface area contributed by atoms with E-state index in [0.717, 1.165) is 44.1 Å². The summed E-state index contributed by atoms with van der Waals surface area (Å²) in [6.07, 6.45) is 1.76. The number of sulfonamides is 1. The van der Waals surface area contributed by atoms with E-state index in [4.69, 9.17) is 0 Å². The first-order chi connectivity index (χ1) is 10.4. The number of hydrogen-bond donors (Lipinski definition) is 2. The van der Waals surface area contributed by atoms with Crippen molar-refractivity contribution in [3.05, 3.63) is 29.8 Å². The summed E-state index contributed by atoms with van der Waals surface area (Å²) in [5.41, 5.74) is 0. The maximum atomic E-state index is 13.5. The number of rotatable bonds is 6. The van der Waals surface area contributed by atoms with Crippen molar-refractivity contribution in [1.82, 2.24) is 9.62 Å². The highest BCUT2D eigenvalue weighted by Crippen LogP contribution is 2.16. The van der Waals surface area contributed by atoms with Crippen LogP contribution in [-0.4, -0.2) is 50.7 Å². The van der Waals surface area contributed by atoms with Crippen LogP contribution in [0.1, 0.15) is 19.3 Å². The lowest BCUT2D eigenvalue weighted by Crippen LogP contribution is -2.37. The van der Waals surface area contributed by atoms with Gasteiger partial charge in [-0.2, -0.15) is 0 Å². The van der Waals surface area contributed by atoms with Gasteiger partial charge < -0.3 is 10.0 Å². The Bertz CT molecular complexity index is 602. The molecule has 0 aromatic heterocycles. The van der Waals surface area contributed by atoms with Gasteiger partial charge in [0.1, 0.15) is 4.90 Å². The zero-order valence-electron chi connectivity index (χ0n) is 12.1. The summed E-state index contributed by atoms with van der Waals surface area (Å²) in [5, 5.41) is 9.40. The molecular weight excluding hydrogens is 314 g/mol. The van der Waals surface area contributed by atoms with Crippen LogP contribution < -0.4 is 4.72 Å². The average Bonchev–Trinajstić information content (AvgIpc) is 2.48. The number of halogens is 2. The minimum atomic E-state index is -4.05. The number of hydrogen-bond acceptors (Lipinski definition) is 4. The summed E-state index contributed by atoms with van der Waals surface area (Å²) in [6.45, 7) is 2.41. The number of aliphatic hydroxyl groups excluding tert-OH is 1. The fourth-order valence-electron chi connectivity index (χ4n) is 2.42. The van der Waals surface area contributed by atoms with Crippen molar-refractivity contribution in [2.75, 3.05) is 26.2 Å². The minimum Gasteiger partial charge on any atom is -0.393 e. The van der Waals surface area contributed by atoms with Crippen LogP contribution in [0.5, 0.6) is 0 Å². The minimum absolute atomic E-state index is 0.150. The first-order valence-corrected chi connectivity index (χ1v) is 8.72. The first-order valence-electron chi connectivity index (χ1n) is 7.24. The fourth-order valence-corrected chi connectivity index (χ4v) is 3.58. The van der Waals surface area contributed by atoms with Crippen LogP contribution in [0.3, 0.4) is 0 Å². The predicted molar refractivity (Wildman–Crippen MR) is 77.8 cm³/mol. The molecule has 5 nitrogen and oxygen atoms in total. The molecule has 0 unspecified atom stereocenters. The Labute approximate surface area is 129 Å². The summed E-state index contributed by atoms with van der Waals surface area (Å²) >= 11 is 0. The van der Waals surface area contributed by atoms with Gasteiger partial charge in [0.05, 0.1) is 6.10 Å². The third kappa shape index (κ3) is 4.45. The fraction of sp³-hybridized carbons (Fsp3) is 0.571. The molecule has 1 heterocycles. The van der Waals surface area contributed by atoms with Crippen LogP contribution in [0.4, 0.5) is 8.78 Å². The quantitative estimate of drug-likeness (QED) is 0.764. The van der Waals surface area contributed by atoms with Gasteiger partial charge in [0.2, 0.25) is 10.0 Å². The molecule has 0 bridgehead atoms. The Morgan fingerprint density at radius 3 is 2.64 bits per heavy atom. The number of nitrogens with one attached hydrogen (secondary N) is 1. The predicted octanol–water partition coefficient (Wildman–Crippen LogP) is 1.09. The third-order valence-corrected chi connectivity index (χ3v) is 5.18. The number of aliphatic hydroxyl groups is 1. The van der Waals surface area contributed by atoms with Gasteiger partial charge >= 0.3 is 0 Å². The molecule has 22 heavy (non-hydrogen) atoms. The molecule has 124 valence electrons. The van der Waals surface area contributed by atoms with Crippen LogP contribution >= 0.6 is 0 Å². The van der Waals surface area contributed by atoms with Gasteiger partial charge in [-0.3, -0.25) is 0 Å². The molecule has 1 fully saturated rings. The van der Waals surface area contributed by atoms with Crippen molar-refractivity contribution in [3.63, 3.8) is 0 Å². The van der Waals surface area contributed by atoms with E-state index in [-0.39, 0.29) is 12.6 Å². The van der Waals surface area contributed by atoms with E-state index in [1.54, 1.807) is 0 Å². The van der Waals surface area contributed by atoms with E-state index in [1.165, 1.54) is 0 Å². The monoisotopic (exact) mass is 334 g/mol. The molecule has 1 aliphatic rings. The number of piperidine rings is 1. The van der Waals surface area contributed by atoms with Crippen molar-refractivity contribution in [3.8, 4) is 0 Å². The topological polar surface area (TPSA) is 69.6 Å². The maximum absolute atomic E-state index is 13.5. The highest BCUT2D eigenvalue weighted by atomic mass is 32.2. The van der Waals surface area contributed by atoms with Crippen molar-refractivity contribution in [2.45, 2.75) is 30.3 Å². The number of nitrogens with zero attached hydrogens (tertiary/aromatic N) is 1. The van der Waals surface area contributed by atoms with Gasteiger partial charge in [-0.25, -0.2) is 21.9 Å². The van der Waals surface area contributed by atoms with Gasteiger partial charge in [0.15, 0.2) is 11.6 Å². The summed E-state index contributed by atoms with van der Waals surface area (Å²) < 4.78 is 52.7. The maximum Gasteiger partial charge on any atom is 0.243 e. The molecule has 1 aromatic rings. The largest absolute Gasteiger partial charge is 0.393 e. The van der Waals surface area contributed by atoms with Crippen molar-refractivity contribution in [1.29, 1.82) is 0 Å². The van der Waals surface area contributed by atoms with Gasteiger partial charge in [0.25, 0.3) is 0 Å². The molecule has 0 saturated carbocycles. The van der Waals surface area contributed by atoms with Crippen molar-refractivity contribution < 1.29 is 22.3 Å². The Morgan fingerprint density at radius 1 is 1.27 bits per heavy atom. The highest BCUT2D eigenvalue weighted by Gasteiger charge is 2.21. The zero-order valence-corrected chi connectivity index (χ0v) is 13.0. The smallest absolute Gasteiger partial charge is 0.243 e. The van der Waals surface area contributed by atoms with E-state index in [9.17, 15) is 22.3 Å².